The molecule has 1 heterocycles. The first kappa shape index (κ1) is 11.5. The zero-order chi connectivity index (χ0) is 11.1. The highest BCUT2D eigenvalue weighted by Crippen LogP contribution is 2.21. The molecule has 0 aliphatic rings. The van der Waals surface area contributed by atoms with E-state index in [1.165, 1.54) is 0 Å². The number of anilines is 1. The number of nitrogens with zero attached hydrogens (tertiary/aromatic N) is 1. The van der Waals surface area contributed by atoms with Crippen LogP contribution in [0.15, 0.2) is 18.5 Å². The Kier molecular flexibility index (Phi) is 4.60. The van der Waals surface area contributed by atoms with Gasteiger partial charge in [-0.1, -0.05) is 13.3 Å². The quantitative estimate of drug-likeness (QED) is 0.807. The highest BCUT2D eigenvalue weighted by atomic mass is 16.5. The normalized spacial score (nSPS) is 9.73. The molecule has 0 bridgehead atoms. The van der Waals surface area contributed by atoms with Gasteiger partial charge in [0.05, 0.1) is 13.3 Å². The zero-order valence-electron chi connectivity index (χ0n) is 9.12. The molecule has 0 saturated heterocycles. The van der Waals surface area contributed by atoms with E-state index >= 15 is 0 Å². The average Bonchev–Trinajstić information content (AvgIpc) is 2.27. The molecule has 1 rings (SSSR count). The highest BCUT2D eigenvalue weighted by molar-refractivity contribution is 5.91. The molecule has 4 heteroatoms. The fourth-order valence-corrected chi connectivity index (χ4v) is 1.20. The number of hydrogen-bond acceptors (Lipinski definition) is 3. The molecule has 0 atom stereocenters. The lowest BCUT2D eigenvalue weighted by Crippen LogP contribution is -2.11. The van der Waals surface area contributed by atoms with Gasteiger partial charge in [-0.2, -0.15) is 0 Å². The van der Waals surface area contributed by atoms with E-state index in [1.807, 2.05) is 0 Å². The molecule has 0 spiro atoms. The maximum atomic E-state index is 11.4. The average molecular weight is 208 g/mol. The van der Waals surface area contributed by atoms with Gasteiger partial charge in [-0.15, -0.1) is 0 Å². The number of nitrogens with one attached hydrogen (secondary N) is 1. The molecule has 1 N–H and O–H groups in total. The number of carbonyl (C=O) groups excluding carboxylic acids is 1. The predicted molar refractivity (Wildman–Crippen MR) is 58.9 cm³/mol. The Morgan fingerprint density at radius 2 is 2.40 bits per heavy atom. The van der Waals surface area contributed by atoms with Crippen molar-refractivity contribution in [2.45, 2.75) is 26.2 Å². The summed E-state index contributed by atoms with van der Waals surface area (Å²) in [5, 5.41) is 2.77. The Labute approximate surface area is 89.7 Å². The molecule has 1 aromatic heterocycles. The number of ether oxygens (including phenoxy) is 1. The number of pyridine rings is 1. The maximum absolute atomic E-state index is 11.4. The Balaban J connectivity index is 2.59. The van der Waals surface area contributed by atoms with Gasteiger partial charge in [-0.05, 0) is 6.42 Å². The van der Waals surface area contributed by atoms with Crippen LogP contribution in [-0.2, 0) is 4.79 Å². The van der Waals surface area contributed by atoms with Crippen molar-refractivity contribution in [3.8, 4) is 5.75 Å². The second-order valence-electron chi connectivity index (χ2n) is 3.23. The number of hydrogen-bond donors (Lipinski definition) is 1. The molecule has 0 saturated carbocycles. The molecule has 1 amide bonds. The summed E-state index contributed by atoms with van der Waals surface area (Å²) in [4.78, 5) is 15.4. The molecule has 82 valence electrons. The fourth-order valence-electron chi connectivity index (χ4n) is 1.20. The van der Waals surface area contributed by atoms with E-state index in [9.17, 15) is 4.79 Å². The van der Waals surface area contributed by atoms with Crippen molar-refractivity contribution >= 4 is 11.6 Å². The van der Waals surface area contributed by atoms with Gasteiger partial charge >= 0.3 is 0 Å². The molecule has 0 aliphatic heterocycles. The molecule has 4 nitrogen and oxygen atoms in total. The van der Waals surface area contributed by atoms with Crippen LogP contribution in [0.25, 0.3) is 0 Å². The minimum absolute atomic E-state index is 0.00292. The summed E-state index contributed by atoms with van der Waals surface area (Å²) >= 11 is 0. The van der Waals surface area contributed by atoms with Crippen molar-refractivity contribution in [3.63, 3.8) is 0 Å². The van der Waals surface area contributed by atoms with Crippen molar-refractivity contribution in [2.75, 3.05) is 12.4 Å². The molecule has 0 radical (unpaired) electrons. The third-order valence-corrected chi connectivity index (χ3v) is 2.03. The largest absolute Gasteiger partial charge is 0.494 e. The number of amides is 1. The lowest BCUT2D eigenvalue weighted by Gasteiger charge is -2.08. The van der Waals surface area contributed by atoms with Gasteiger partial charge in [0.15, 0.2) is 0 Å². The second-order valence-corrected chi connectivity index (χ2v) is 3.23. The van der Waals surface area contributed by atoms with E-state index in [4.69, 9.17) is 4.74 Å². The Hall–Kier alpha value is -1.58. The van der Waals surface area contributed by atoms with E-state index in [2.05, 4.69) is 17.2 Å². The van der Waals surface area contributed by atoms with Gasteiger partial charge in [0.2, 0.25) is 5.91 Å². The molecular weight excluding hydrogens is 192 g/mol. The van der Waals surface area contributed by atoms with Crippen LogP contribution in [0, 0.1) is 0 Å². The van der Waals surface area contributed by atoms with Gasteiger partial charge in [0.25, 0.3) is 0 Å². The zero-order valence-corrected chi connectivity index (χ0v) is 9.12. The van der Waals surface area contributed by atoms with Crippen LogP contribution in [0.5, 0.6) is 5.75 Å². The third-order valence-electron chi connectivity index (χ3n) is 2.03. The second kappa shape index (κ2) is 6.01. The van der Waals surface area contributed by atoms with Crippen molar-refractivity contribution in [3.05, 3.63) is 18.5 Å². The Morgan fingerprint density at radius 3 is 3.07 bits per heavy atom. The predicted octanol–water partition coefficient (Wildman–Crippen LogP) is 2.22. The monoisotopic (exact) mass is 208 g/mol. The minimum Gasteiger partial charge on any atom is -0.494 e. The summed E-state index contributed by atoms with van der Waals surface area (Å²) in [7, 11) is 1.57. The topological polar surface area (TPSA) is 51.2 Å². The van der Waals surface area contributed by atoms with E-state index in [0.717, 1.165) is 12.8 Å². The van der Waals surface area contributed by atoms with Crippen LogP contribution in [-0.4, -0.2) is 18.0 Å². The van der Waals surface area contributed by atoms with Crippen LogP contribution in [0.3, 0.4) is 0 Å². The highest BCUT2D eigenvalue weighted by Gasteiger charge is 2.06. The summed E-state index contributed by atoms with van der Waals surface area (Å²) < 4.78 is 5.10. The molecule has 0 aliphatic carbocycles. The summed E-state index contributed by atoms with van der Waals surface area (Å²) in [5.74, 6) is 0.637. The van der Waals surface area contributed by atoms with Gasteiger partial charge in [0.1, 0.15) is 11.4 Å². The van der Waals surface area contributed by atoms with Crippen LogP contribution >= 0.6 is 0 Å². The SMILES string of the molecule is CCCCC(=O)Nc1cnccc1OC. The summed E-state index contributed by atoms with van der Waals surface area (Å²) in [5.41, 5.74) is 0.626. The number of rotatable bonds is 5. The van der Waals surface area contributed by atoms with Crippen LogP contribution in [0.1, 0.15) is 26.2 Å². The van der Waals surface area contributed by atoms with Gasteiger partial charge in [-0.3, -0.25) is 9.78 Å². The van der Waals surface area contributed by atoms with Gasteiger partial charge < -0.3 is 10.1 Å². The number of unbranched alkanes of at least 4 members (excludes halogenated alkanes) is 1. The lowest BCUT2D eigenvalue weighted by molar-refractivity contribution is -0.116. The van der Waals surface area contributed by atoms with Crippen LogP contribution in [0.2, 0.25) is 0 Å². The lowest BCUT2D eigenvalue weighted by atomic mass is 10.2. The molecule has 0 fully saturated rings. The van der Waals surface area contributed by atoms with Crippen LogP contribution in [0.4, 0.5) is 5.69 Å². The standard InChI is InChI=1S/C11H16N2O2/c1-3-4-5-11(14)13-9-8-12-7-6-10(9)15-2/h6-8H,3-5H2,1-2H3,(H,13,14). The minimum atomic E-state index is 0.00292. The van der Waals surface area contributed by atoms with E-state index in [-0.39, 0.29) is 5.91 Å². The molecule has 15 heavy (non-hydrogen) atoms. The maximum Gasteiger partial charge on any atom is 0.224 e. The van der Waals surface area contributed by atoms with E-state index in [1.54, 1.807) is 25.6 Å². The molecule has 0 unspecified atom stereocenters. The molecule has 0 aromatic carbocycles. The Bertz CT molecular complexity index is 326. The first-order valence-corrected chi connectivity index (χ1v) is 5.05. The number of methoxy groups -OCH3 is 1. The van der Waals surface area contributed by atoms with E-state index < -0.39 is 0 Å². The number of carbonyl (C=O) groups is 1. The van der Waals surface area contributed by atoms with Crippen molar-refractivity contribution in [2.24, 2.45) is 0 Å². The summed E-state index contributed by atoms with van der Waals surface area (Å²) in [6.45, 7) is 2.05. The Morgan fingerprint density at radius 1 is 1.60 bits per heavy atom. The molecule has 1 aromatic rings. The van der Waals surface area contributed by atoms with Crippen molar-refractivity contribution < 1.29 is 9.53 Å². The first-order chi connectivity index (χ1) is 7.27. The smallest absolute Gasteiger partial charge is 0.224 e. The fraction of sp³-hybridized carbons (Fsp3) is 0.455. The summed E-state index contributed by atoms with van der Waals surface area (Å²) in [6, 6.07) is 1.72. The van der Waals surface area contributed by atoms with Gasteiger partial charge in [-0.25, -0.2) is 0 Å². The van der Waals surface area contributed by atoms with Crippen LogP contribution < -0.4 is 10.1 Å². The van der Waals surface area contributed by atoms with Crippen molar-refractivity contribution in [1.82, 2.24) is 4.98 Å². The van der Waals surface area contributed by atoms with E-state index in [0.29, 0.717) is 17.9 Å². The molecular formula is C11H16N2O2. The van der Waals surface area contributed by atoms with Crippen molar-refractivity contribution in [1.29, 1.82) is 0 Å². The van der Waals surface area contributed by atoms with Gasteiger partial charge in [0, 0.05) is 18.7 Å². The first-order valence-electron chi connectivity index (χ1n) is 5.05. The third kappa shape index (κ3) is 3.58. The summed E-state index contributed by atoms with van der Waals surface area (Å²) in [6.07, 6.45) is 5.66. The number of aromatic nitrogens is 1.